The van der Waals surface area contributed by atoms with Gasteiger partial charge in [0, 0.05) is 24.5 Å². The summed E-state index contributed by atoms with van der Waals surface area (Å²) in [5.41, 5.74) is 1.06. The standard InChI is InChI=1S/C13H10N4O3/c18-7-10-14-6-8-2-1-3-9(12(8)15-10)17-5-4-11(19)16-13(17)20/h1-3,6-7H,4-5H2,(H,16,19,20). The smallest absolute Gasteiger partial charge is 0.294 e. The zero-order valence-corrected chi connectivity index (χ0v) is 10.4. The normalized spacial score (nSPS) is 15.3. The predicted molar refractivity (Wildman–Crippen MR) is 70.4 cm³/mol. The molecule has 7 nitrogen and oxygen atoms in total. The molecule has 0 aliphatic carbocycles. The number of rotatable bonds is 2. The summed E-state index contributed by atoms with van der Waals surface area (Å²) in [6, 6.07) is 4.80. The topological polar surface area (TPSA) is 92.3 Å². The lowest BCUT2D eigenvalue weighted by molar-refractivity contribution is -0.120. The van der Waals surface area contributed by atoms with Crippen LogP contribution in [0.15, 0.2) is 24.4 Å². The Bertz CT molecular complexity index is 729. The van der Waals surface area contributed by atoms with Crippen molar-refractivity contribution in [2.75, 3.05) is 11.4 Å². The van der Waals surface area contributed by atoms with Crippen LogP contribution >= 0.6 is 0 Å². The minimum absolute atomic E-state index is 0.0541. The molecule has 3 amide bonds. The van der Waals surface area contributed by atoms with Gasteiger partial charge >= 0.3 is 6.03 Å². The molecule has 1 aliphatic rings. The molecular formula is C13H10N4O3. The molecule has 1 aromatic heterocycles. The van der Waals surface area contributed by atoms with Crippen LogP contribution in [0.1, 0.15) is 17.0 Å². The van der Waals surface area contributed by atoms with E-state index in [0.717, 1.165) is 5.39 Å². The molecule has 1 aliphatic heterocycles. The molecule has 20 heavy (non-hydrogen) atoms. The molecule has 0 radical (unpaired) electrons. The van der Waals surface area contributed by atoms with Gasteiger partial charge in [0.05, 0.1) is 11.2 Å². The second kappa shape index (κ2) is 4.69. The van der Waals surface area contributed by atoms with Gasteiger partial charge in [-0.25, -0.2) is 14.8 Å². The second-order valence-electron chi connectivity index (χ2n) is 4.32. The number of fused-ring (bicyclic) bond motifs is 1. The van der Waals surface area contributed by atoms with Crippen molar-refractivity contribution in [1.82, 2.24) is 15.3 Å². The number of para-hydroxylation sites is 1. The van der Waals surface area contributed by atoms with E-state index in [0.29, 0.717) is 17.5 Å². The third-order valence-electron chi connectivity index (χ3n) is 3.06. The summed E-state index contributed by atoms with van der Waals surface area (Å²) >= 11 is 0. The van der Waals surface area contributed by atoms with Gasteiger partial charge in [0.1, 0.15) is 0 Å². The van der Waals surface area contributed by atoms with Crippen LogP contribution in [0, 0.1) is 0 Å². The van der Waals surface area contributed by atoms with Gasteiger partial charge in [-0.1, -0.05) is 12.1 Å². The zero-order chi connectivity index (χ0) is 14.1. The van der Waals surface area contributed by atoms with Gasteiger partial charge in [-0.05, 0) is 6.07 Å². The number of imide groups is 1. The highest BCUT2D eigenvalue weighted by atomic mass is 16.2. The number of nitrogens with one attached hydrogen (secondary N) is 1. The SMILES string of the molecule is O=Cc1ncc2cccc(N3CCC(=O)NC3=O)c2n1. The Hall–Kier alpha value is -2.83. The third kappa shape index (κ3) is 1.99. The molecule has 100 valence electrons. The maximum Gasteiger partial charge on any atom is 0.328 e. The van der Waals surface area contributed by atoms with Gasteiger partial charge in [0.25, 0.3) is 0 Å². The molecule has 0 unspecified atom stereocenters. The summed E-state index contributed by atoms with van der Waals surface area (Å²) in [6.45, 7) is 0.282. The lowest BCUT2D eigenvalue weighted by atomic mass is 10.2. The molecule has 2 aromatic rings. The third-order valence-corrected chi connectivity index (χ3v) is 3.06. The van der Waals surface area contributed by atoms with Gasteiger partial charge in [0.15, 0.2) is 12.1 Å². The van der Waals surface area contributed by atoms with Crippen LogP contribution in [0.3, 0.4) is 0 Å². The Morgan fingerprint density at radius 1 is 1.30 bits per heavy atom. The Labute approximate surface area is 113 Å². The number of benzene rings is 1. The molecule has 1 N–H and O–H groups in total. The number of hydrogen-bond donors (Lipinski definition) is 1. The van der Waals surface area contributed by atoms with Crippen molar-refractivity contribution < 1.29 is 14.4 Å². The highest BCUT2D eigenvalue weighted by Crippen LogP contribution is 2.25. The molecule has 0 atom stereocenters. The van der Waals surface area contributed by atoms with Crippen molar-refractivity contribution in [3.05, 3.63) is 30.2 Å². The number of nitrogens with zero attached hydrogens (tertiary/aromatic N) is 3. The van der Waals surface area contributed by atoms with Crippen LogP contribution in [-0.4, -0.2) is 34.7 Å². The number of carbonyl (C=O) groups is 3. The van der Waals surface area contributed by atoms with E-state index in [9.17, 15) is 14.4 Å². The van der Waals surface area contributed by atoms with Crippen LogP contribution in [0.25, 0.3) is 10.9 Å². The summed E-state index contributed by atoms with van der Waals surface area (Å²) in [6.07, 6.45) is 2.31. The lowest BCUT2D eigenvalue weighted by Gasteiger charge is -2.27. The Morgan fingerprint density at radius 3 is 2.90 bits per heavy atom. The summed E-state index contributed by atoms with van der Waals surface area (Å²) in [7, 11) is 0. The molecule has 0 saturated carbocycles. The van der Waals surface area contributed by atoms with E-state index in [1.807, 2.05) is 0 Å². The quantitative estimate of drug-likeness (QED) is 0.818. The maximum atomic E-state index is 11.9. The molecule has 0 bridgehead atoms. The molecule has 1 aromatic carbocycles. The van der Waals surface area contributed by atoms with Crippen molar-refractivity contribution in [2.24, 2.45) is 0 Å². The first-order valence-electron chi connectivity index (χ1n) is 6.01. The fourth-order valence-electron chi connectivity index (χ4n) is 2.12. The number of urea groups is 1. The van der Waals surface area contributed by atoms with Gasteiger partial charge < -0.3 is 0 Å². The predicted octanol–water partition coefficient (Wildman–Crippen LogP) is 0.889. The summed E-state index contributed by atoms with van der Waals surface area (Å²) in [5.74, 6) is -0.242. The summed E-state index contributed by atoms with van der Waals surface area (Å²) in [4.78, 5) is 43.3. The van der Waals surface area contributed by atoms with E-state index in [2.05, 4.69) is 15.3 Å². The monoisotopic (exact) mass is 270 g/mol. The van der Waals surface area contributed by atoms with E-state index in [4.69, 9.17) is 0 Å². The number of anilines is 1. The van der Waals surface area contributed by atoms with Crippen LogP contribution < -0.4 is 10.2 Å². The Kier molecular flexibility index (Phi) is 2.86. The molecule has 3 rings (SSSR count). The highest BCUT2D eigenvalue weighted by Gasteiger charge is 2.25. The highest BCUT2D eigenvalue weighted by molar-refractivity contribution is 6.09. The minimum Gasteiger partial charge on any atom is -0.294 e. The molecule has 2 heterocycles. The van der Waals surface area contributed by atoms with E-state index >= 15 is 0 Å². The van der Waals surface area contributed by atoms with E-state index in [-0.39, 0.29) is 24.7 Å². The van der Waals surface area contributed by atoms with Crippen molar-refractivity contribution in [3.63, 3.8) is 0 Å². The van der Waals surface area contributed by atoms with Crippen molar-refractivity contribution in [3.8, 4) is 0 Å². The fraction of sp³-hybridized carbons (Fsp3) is 0.154. The van der Waals surface area contributed by atoms with Crippen LogP contribution in [0.5, 0.6) is 0 Å². The lowest BCUT2D eigenvalue weighted by Crippen LogP contribution is -2.49. The largest absolute Gasteiger partial charge is 0.328 e. The van der Waals surface area contributed by atoms with E-state index in [1.54, 1.807) is 18.2 Å². The van der Waals surface area contributed by atoms with Gasteiger partial charge in [0.2, 0.25) is 5.91 Å². The average molecular weight is 270 g/mol. The number of aldehydes is 1. The number of aromatic nitrogens is 2. The molecule has 7 heteroatoms. The molecule has 0 spiro atoms. The zero-order valence-electron chi connectivity index (χ0n) is 10.4. The minimum atomic E-state index is -0.486. The molecule has 1 fully saturated rings. The molecule has 1 saturated heterocycles. The Morgan fingerprint density at radius 2 is 2.15 bits per heavy atom. The van der Waals surface area contributed by atoms with E-state index < -0.39 is 6.03 Å². The van der Waals surface area contributed by atoms with Gasteiger partial charge in [-0.2, -0.15) is 0 Å². The Balaban J connectivity index is 2.13. The van der Waals surface area contributed by atoms with Crippen molar-refractivity contribution >= 4 is 34.8 Å². The maximum absolute atomic E-state index is 11.9. The summed E-state index contributed by atoms with van der Waals surface area (Å²) in [5, 5.41) is 2.98. The van der Waals surface area contributed by atoms with Crippen LogP contribution in [0.2, 0.25) is 0 Å². The van der Waals surface area contributed by atoms with Crippen LogP contribution in [-0.2, 0) is 4.79 Å². The first kappa shape index (κ1) is 12.2. The first-order chi connectivity index (χ1) is 9.69. The number of carbonyl (C=O) groups excluding carboxylic acids is 3. The summed E-state index contributed by atoms with van der Waals surface area (Å²) < 4.78 is 0. The average Bonchev–Trinajstić information content (AvgIpc) is 2.46. The number of hydrogen-bond acceptors (Lipinski definition) is 5. The van der Waals surface area contributed by atoms with Gasteiger partial charge in [-0.15, -0.1) is 0 Å². The number of amides is 3. The van der Waals surface area contributed by atoms with Crippen molar-refractivity contribution in [1.29, 1.82) is 0 Å². The first-order valence-corrected chi connectivity index (χ1v) is 6.01. The fourth-order valence-corrected chi connectivity index (χ4v) is 2.12. The second-order valence-corrected chi connectivity index (χ2v) is 4.32. The van der Waals surface area contributed by atoms with Crippen molar-refractivity contribution in [2.45, 2.75) is 6.42 Å². The molecular weight excluding hydrogens is 260 g/mol. The van der Waals surface area contributed by atoms with Crippen LogP contribution in [0.4, 0.5) is 10.5 Å². The van der Waals surface area contributed by atoms with Gasteiger partial charge in [-0.3, -0.25) is 19.8 Å². The van der Waals surface area contributed by atoms with E-state index in [1.165, 1.54) is 11.1 Å².